The molecule has 1 aromatic rings. The first-order valence-electron chi connectivity index (χ1n) is 6.98. The zero-order chi connectivity index (χ0) is 11.7. The Morgan fingerprint density at radius 1 is 1.24 bits per heavy atom. The molecule has 3 rings (SSSR count). The number of nitrogens with zero attached hydrogens (tertiary/aromatic N) is 1. The molecule has 1 saturated carbocycles. The van der Waals surface area contributed by atoms with Gasteiger partial charge in [-0.05, 0) is 56.2 Å². The zero-order valence-corrected chi connectivity index (χ0v) is 10.7. The number of hydrogen-bond donors (Lipinski definition) is 1. The van der Waals surface area contributed by atoms with Gasteiger partial charge >= 0.3 is 0 Å². The van der Waals surface area contributed by atoms with Gasteiger partial charge in [-0.25, -0.2) is 0 Å². The molecular weight excluding hydrogens is 208 g/mol. The van der Waals surface area contributed by atoms with E-state index in [1.54, 1.807) is 0 Å². The normalized spacial score (nSPS) is 29.9. The molecule has 2 nitrogen and oxygen atoms in total. The van der Waals surface area contributed by atoms with Crippen LogP contribution in [0.3, 0.4) is 0 Å². The lowest BCUT2D eigenvalue weighted by molar-refractivity contribution is 0.278. The highest BCUT2D eigenvalue weighted by Crippen LogP contribution is 2.49. The van der Waals surface area contributed by atoms with Gasteiger partial charge in [0.1, 0.15) is 0 Å². The first-order valence-corrected chi connectivity index (χ1v) is 6.98. The van der Waals surface area contributed by atoms with Gasteiger partial charge in [0, 0.05) is 17.9 Å². The Balaban J connectivity index is 1.97. The summed E-state index contributed by atoms with van der Waals surface area (Å²) in [5.41, 5.74) is 2.96. The number of aromatic nitrogens is 1. The molecule has 0 aromatic carbocycles. The van der Waals surface area contributed by atoms with Gasteiger partial charge in [-0.1, -0.05) is 18.9 Å². The molecule has 2 heteroatoms. The third-order valence-corrected chi connectivity index (χ3v) is 4.35. The number of hydrogen-bond acceptors (Lipinski definition) is 2. The predicted molar refractivity (Wildman–Crippen MR) is 69.8 cm³/mol. The van der Waals surface area contributed by atoms with Crippen LogP contribution in [0.15, 0.2) is 18.5 Å². The van der Waals surface area contributed by atoms with Crippen molar-refractivity contribution in [2.75, 3.05) is 6.54 Å². The highest BCUT2D eigenvalue weighted by Gasteiger charge is 2.46. The fourth-order valence-electron chi connectivity index (χ4n) is 3.31. The van der Waals surface area contributed by atoms with Crippen molar-refractivity contribution in [3.8, 4) is 0 Å². The molecule has 0 bridgehead atoms. The minimum Gasteiger partial charge on any atom is -0.307 e. The van der Waals surface area contributed by atoms with Crippen molar-refractivity contribution in [3.05, 3.63) is 29.6 Å². The summed E-state index contributed by atoms with van der Waals surface area (Å²) in [5.74, 6) is 0.851. The third-order valence-electron chi connectivity index (χ3n) is 4.35. The van der Waals surface area contributed by atoms with Gasteiger partial charge in [0.05, 0.1) is 0 Å². The Kier molecular flexibility index (Phi) is 2.91. The summed E-state index contributed by atoms with van der Waals surface area (Å²) >= 11 is 0. The van der Waals surface area contributed by atoms with Gasteiger partial charge in [-0.15, -0.1) is 0 Å². The van der Waals surface area contributed by atoms with E-state index in [0.717, 1.165) is 5.92 Å². The van der Waals surface area contributed by atoms with E-state index in [1.165, 1.54) is 56.2 Å². The van der Waals surface area contributed by atoms with E-state index in [9.17, 15) is 0 Å². The highest BCUT2D eigenvalue weighted by molar-refractivity contribution is 5.28. The molecule has 1 aliphatic heterocycles. The van der Waals surface area contributed by atoms with Crippen LogP contribution in [0.5, 0.6) is 0 Å². The SMILES string of the molecule is Cc1cncc(C2(C3CC3)CCCCCN2)c1. The molecule has 1 atom stereocenters. The van der Waals surface area contributed by atoms with E-state index < -0.39 is 0 Å². The second-order valence-electron chi connectivity index (χ2n) is 5.73. The van der Waals surface area contributed by atoms with Crippen LogP contribution in [-0.2, 0) is 5.54 Å². The van der Waals surface area contributed by atoms with Crippen molar-refractivity contribution in [1.82, 2.24) is 10.3 Å². The van der Waals surface area contributed by atoms with Crippen LogP contribution in [0.1, 0.15) is 49.7 Å². The van der Waals surface area contributed by atoms with Crippen molar-refractivity contribution in [2.45, 2.75) is 51.0 Å². The molecule has 2 aliphatic rings. The number of rotatable bonds is 2. The number of aryl methyl sites for hydroxylation is 1. The zero-order valence-electron chi connectivity index (χ0n) is 10.7. The molecule has 1 aliphatic carbocycles. The molecule has 0 radical (unpaired) electrons. The van der Waals surface area contributed by atoms with Crippen molar-refractivity contribution in [1.29, 1.82) is 0 Å². The van der Waals surface area contributed by atoms with Crippen LogP contribution in [0.2, 0.25) is 0 Å². The third kappa shape index (κ3) is 2.11. The maximum atomic E-state index is 4.41. The summed E-state index contributed by atoms with van der Waals surface area (Å²) in [6.07, 6.45) is 12.2. The first kappa shape index (κ1) is 11.2. The van der Waals surface area contributed by atoms with E-state index in [1.807, 2.05) is 6.20 Å². The van der Waals surface area contributed by atoms with Gasteiger partial charge in [0.2, 0.25) is 0 Å². The summed E-state index contributed by atoms with van der Waals surface area (Å²) in [7, 11) is 0. The van der Waals surface area contributed by atoms with Gasteiger partial charge in [0.25, 0.3) is 0 Å². The maximum absolute atomic E-state index is 4.41. The molecule has 1 aromatic heterocycles. The van der Waals surface area contributed by atoms with Crippen LogP contribution < -0.4 is 5.32 Å². The quantitative estimate of drug-likeness (QED) is 0.844. The fraction of sp³-hybridized carbons (Fsp3) is 0.667. The molecule has 17 heavy (non-hydrogen) atoms. The summed E-state index contributed by atoms with van der Waals surface area (Å²) in [5, 5.41) is 3.86. The predicted octanol–water partition coefficient (Wildman–Crippen LogP) is 3.16. The Labute approximate surface area is 104 Å². The monoisotopic (exact) mass is 230 g/mol. The molecule has 0 spiro atoms. The Bertz CT molecular complexity index is 388. The molecule has 2 heterocycles. The Hall–Kier alpha value is -0.890. The lowest BCUT2D eigenvalue weighted by atomic mass is 9.81. The van der Waals surface area contributed by atoms with Crippen molar-refractivity contribution >= 4 is 0 Å². The van der Waals surface area contributed by atoms with Gasteiger partial charge in [0.15, 0.2) is 0 Å². The van der Waals surface area contributed by atoms with Crippen LogP contribution >= 0.6 is 0 Å². The van der Waals surface area contributed by atoms with Crippen LogP contribution in [0.4, 0.5) is 0 Å². The second-order valence-corrected chi connectivity index (χ2v) is 5.73. The average Bonchev–Trinajstić information content (AvgIpc) is 3.16. The highest BCUT2D eigenvalue weighted by atomic mass is 15.0. The van der Waals surface area contributed by atoms with Crippen LogP contribution in [0.25, 0.3) is 0 Å². The first-order chi connectivity index (χ1) is 8.31. The largest absolute Gasteiger partial charge is 0.307 e. The van der Waals surface area contributed by atoms with Gasteiger partial charge < -0.3 is 5.32 Å². The minimum absolute atomic E-state index is 0.246. The van der Waals surface area contributed by atoms with Crippen LogP contribution in [-0.4, -0.2) is 11.5 Å². The number of pyridine rings is 1. The molecule has 92 valence electrons. The minimum atomic E-state index is 0.246. The lowest BCUT2D eigenvalue weighted by Crippen LogP contribution is -2.44. The maximum Gasteiger partial charge on any atom is 0.0478 e. The lowest BCUT2D eigenvalue weighted by Gasteiger charge is -2.35. The second kappa shape index (κ2) is 4.41. The van der Waals surface area contributed by atoms with E-state index in [-0.39, 0.29) is 5.54 Å². The van der Waals surface area contributed by atoms with Crippen LogP contribution in [0, 0.1) is 12.8 Å². The molecule has 1 unspecified atom stereocenters. The topological polar surface area (TPSA) is 24.9 Å². The van der Waals surface area contributed by atoms with Gasteiger partial charge in [-0.3, -0.25) is 4.98 Å². The molecule has 0 amide bonds. The average molecular weight is 230 g/mol. The smallest absolute Gasteiger partial charge is 0.0478 e. The van der Waals surface area contributed by atoms with Crippen molar-refractivity contribution < 1.29 is 0 Å². The fourth-order valence-corrected chi connectivity index (χ4v) is 3.31. The van der Waals surface area contributed by atoms with E-state index in [4.69, 9.17) is 0 Å². The van der Waals surface area contributed by atoms with Gasteiger partial charge in [-0.2, -0.15) is 0 Å². The Morgan fingerprint density at radius 2 is 2.12 bits per heavy atom. The van der Waals surface area contributed by atoms with E-state index in [0.29, 0.717) is 0 Å². The summed E-state index contributed by atoms with van der Waals surface area (Å²) in [6, 6.07) is 2.34. The van der Waals surface area contributed by atoms with Crippen molar-refractivity contribution in [2.24, 2.45) is 5.92 Å². The molecule has 1 saturated heterocycles. The standard InChI is InChI=1S/C15H22N2/c1-12-9-14(11-16-10-12)15(13-5-6-13)7-3-2-4-8-17-15/h9-11,13,17H,2-8H2,1H3. The number of nitrogens with one attached hydrogen (secondary N) is 1. The van der Waals surface area contributed by atoms with Crippen molar-refractivity contribution in [3.63, 3.8) is 0 Å². The Morgan fingerprint density at radius 3 is 2.88 bits per heavy atom. The summed E-state index contributed by atoms with van der Waals surface area (Å²) in [4.78, 5) is 4.41. The summed E-state index contributed by atoms with van der Waals surface area (Å²) < 4.78 is 0. The molecular formula is C15H22N2. The molecule has 1 N–H and O–H groups in total. The van der Waals surface area contributed by atoms with E-state index in [2.05, 4.69) is 29.5 Å². The molecule has 2 fully saturated rings. The summed E-state index contributed by atoms with van der Waals surface area (Å²) in [6.45, 7) is 3.32. The van der Waals surface area contributed by atoms with E-state index >= 15 is 0 Å².